The lowest BCUT2D eigenvalue weighted by Gasteiger charge is -2.11. The van der Waals surface area contributed by atoms with Gasteiger partial charge in [0.2, 0.25) is 0 Å². The summed E-state index contributed by atoms with van der Waals surface area (Å²) in [6.45, 7) is -0.203. The Hall–Kier alpha value is -4.05. The summed E-state index contributed by atoms with van der Waals surface area (Å²) in [4.78, 5) is 35.6. The van der Waals surface area contributed by atoms with Crippen LogP contribution in [0.2, 0.25) is 0 Å². The van der Waals surface area contributed by atoms with Gasteiger partial charge in [-0.25, -0.2) is 4.79 Å². The Kier molecular flexibility index (Phi) is 5.72. The number of nitrogens with one attached hydrogen (secondary N) is 2. The van der Waals surface area contributed by atoms with Crippen LogP contribution >= 0.6 is 0 Å². The van der Waals surface area contributed by atoms with Crippen molar-refractivity contribution in [1.82, 2.24) is 5.32 Å². The molecule has 0 spiro atoms. The van der Waals surface area contributed by atoms with Gasteiger partial charge in [-0.3, -0.25) is 9.59 Å². The average molecular weight is 376 g/mol. The molecule has 0 saturated heterocycles. The van der Waals surface area contributed by atoms with E-state index in [-0.39, 0.29) is 19.1 Å². The van der Waals surface area contributed by atoms with Crippen molar-refractivity contribution in [2.45, 2.75) is 0 Å². The second kappa shape index (κ2) is 8.56. The highest BCUT2D eigenvalue weighted by Crippen LogP contribution is 2.20. The Balaban J connectivity index is 1.66. The van der Waals surface area contributed by atoms with Gasteiger partial charge in [-0.1, -0.05) is 18.1 Å². The van der Waals surface area contributed by atoms with E-state index in [0.717, 1.165) is 5.39 Å². The van der Waals surface area contributed by atoms with Crippen LogP contribution in [-0.2, 0) is 4.79 Å². The van der Waals surface area contributed by atoms with Gasteiger partial charge in [-0.05, 0) is 30.3 Å². The molecule has 2 amide bonds. The van der Waals surface area contributed by atoms with Crippen molar-refractivity contribution in [1.29, 1.82) is 0 Å². The Bertz CT molecular complexity index is 1130. The minimum atomic E-state index is -0.470. The van der Waals surface area contributed by atoms with E-state index >= 15 is 0 Å². The maximum absolute atomic E-state index is 12.2. The van der Waals surface area contributed by atoms with Crippen LogP contribution in [-0.4, -0.2) is 25.0 Å². The molecule has 0 radical (unpaired) electrons. The lowest BCUT2D eigenvalue weighted by atomic mass is 10.1. The predicted molar refractivity (Wildman–Crippen MR) is 104 cm³/mol. The van der Waals surface area contributed by atoms with Crippen molar-refractivity contribution in [3.8, 4) is 18.1 Å². The number of carbonyl (C=O) groups excluding carboxylic acids is 2. The zero-order valence-corrected chi connectivity index (χ0v) is 14.7. The molecule has 2 N–H and O–H groups in total. The largest absolute Gasteiger partial charge is 0.484 e. The second-order valence-corrected chi connectivity index (χ2v) is 5.72. The Morgan fingerprint density at radius 1 is 1.11 bits per heavy atom. The van der Waals surface area contributed by atoms with E-state index in [1.807, 2.05) is 0 Å². The van der Waals surface area contributed by atoms with Gasteiger partial charge in [-0.2, -0.15) is 0 Å². The highest BCUT2D eigenvalue weighted by Gasteiger charge is 2.13. The number of anilines is 1. The quantitative estimate of drug-likeness (QED) is 0.508. The fourth-order valence-corrected chi connectivity index (χ4v) is 2.48. The summed E-state index contributed by atoms with van der Waals surface area (Å²) in [7, 11) is 0. The molecule has 0 fully saturated rings. The molecule has 0 aliphatic heterocycles. The van der Waals surface area contributed by atoms with E-state index in [4.69, 9.17) is 15.6 Å². The van der Waals surface area contributed by atoms with E-state index in [1.54, 1.807) is 42.5 Å². The molecule has 3 aromatic rings. The smallest absolute Gasteiger partial charge is 0.336 e. The normalized spacial score (nSPS) is 10.1. The molecule has 7 heteroatoms. The van der Waals surface area contributed by atoms with Gasteiger partial charge in [0.1, 0.15) is 11.3 Å². The average Bonchev–Trinajstić information content (AvgIpc) is 2.70. The number of benzene rings is 2. The van der Waals surface area contributed by atoms with Crippen molar-refractivity contribution in [2.24, 2.45) is 0 Å². The summed E-state index contributed by atoms with van der Waals surface area (Å²) in [5, 5.41) is 5.92. The van der Waals surface area contributed by atoms with Gasteiger partial charge < -0.3 is 19.8 Å². The third-order valence-electron chi connectivity index (χ3n) is 3.76. The first-order chi connectivity index (χ1) is 13.6. The molecule has 1 heterocycles. The van der Waals surface area contributed by atoms with Gasteiger partial charge in [0.05, 0.1) is 17.8 Å². The van der Waals surface area contributed by atoms with Crippen molar-refractivity contribution >= 4 is 28.5 Å². The standard InChI is InChI=1S/C21H16N2O5/c1-2-11-22-21(26)16-5-3-4-6-17(16)23-19(24)13-27-15-9-7-14-8-10-20(25)28-18(14)12-15/h1,3-10,12H,11,13H2,(H,22,26)(H,23,24). The first-order valence-corrected chi connectivity index (χ1v) is 8.34. The van der Waals surface area contributed by atoms with Crippen LogP contribution in [0.5, 0.6) is 5.75 Å². The van der Waals surface area contributed by atoms with Crippen LogP contribution in [0.15, 0.2) is 63.8 Å². The monoisotopic (exact) mass is 376 g/mol. The molecule has 0 aliphatic carbocycles. The molecule has 0 saturated carbocycles. The van der Waals surface area contributed by atoms with Crippen LogP contribution in [0.4, 0.5) is 5.69 Å². The molecule has 0 atom stereocenters. The van der Waals surface area contributed by atoms with Crippen LogP contribution in [0.25, 0.3) is 11.0 Å². The first-order valence-electron chi connectivity index (χ1n) is 8.34. The number of ether oxygens (including phenoxy) is 1. The lowest BCUT2D eigenvalue weighted by Crippen LogP contribution is -2.26. The number of hydrogen-bond donors (Lipinski definition) is 2. The molecule has 0 bridgehead atoms. The van der Waals surface area contributed by atoms with Crippen molar-refractivity contribution in [3.05, 3.63) is 70.6 Å². The highest BCUT2D eigenvalue weighted by atomic mass is 16.5. The Morgan fingerprint density at radius 2 is 1.89 bits per heavy atom. The summed E-state index contributed by atoms with van der Waals surface area (Å²) in [5.74, 6) is 1.85. The number of para-hydroxylation sites is 1. The maximum atomic E-state index is 12.2. The maximum Gasteiger partial charge on any atom is 0.336 e. The summed E-state index contributed by atoms with van der Waals surface area (Å²) in [5.41, 5.74) is 0.525. The van der Waals surface area contributed by atoms with Crippen molar-refractivity contribution in [2.75, 3.05) is 18.5 Å². The van der Waals surface area contributed by atoms with Gasteiger partial charge in [-0.15, -0.1) is 6.42 Å². The molecular weight excluding hydrogens is 360 g/mol. The molecule has 140 valence electrons. The molecule has 3 rings (SSSR count). The van der Waals surface area contributed by atoms with Gasteiger partial charge in [0, 0.05) is 17.5 Å². The topological polar surface area (TPSA) is 97.6 Å². The van der Waals surface area contributed by atoms with Crippen molar-refractivity contribution < 1.29 is 18.7 Å². The fourth-order valence-electron chi connectivity index (χ4n) is 2.48. The Labute approximate surface area is 160 Å². The van der Waals surface area contributed by atoms with E-state index in [2.05, 4.69) is 16.6 Å². The summed E-state index contributed by atoms with van der Waals surface area (Å²) >= 11 is 0. The Morgan fingerprint density at radius 3 is 2.71 bits per heavy atom. The zero-order valence-electron chi connectivity index (χ0n) is 14.7. The minimum absolute atomic E-state index is 0.0856. The number of rotatable bonds is 6. The predicted octanol–water partition coefficient (Wildman–Crippen LogP) is 2.17. The van der Waals surface area contributed by atoms with E-state index < -0.39 is 11.5 Å². The molecule has 28 heavy (non-hydrogen) atoms. The van der Waals surface area contributed by atoms with Gasteiger partial charge >= 0.3 is 5.63 Å². The molecule has 7 nitrogen and oxygen atoms in total. The number of terminal acetylenes is 1. The van der Waals surface area contributed by atoms with E-state index in [1.165, 1.54) is 12.1 Å². The van der Waals surface area contributed by atoms with Crippen LogP contribution in [0, 0.1) is 12.3 Å². The number of fused-ring (bicyclic) bond motifs is 1. The highest BCUT2D eigenvalue weighted by molar-refractivity contribution is 6.04. The summed E-state index contributed by atoms with van der Waals surface area (Å²) < 4.78 is 10.5. The third kappa shape index (κ3) is 4.56. The van der Waals surface area contributed by atoms with Gasteiger partial charge in [0.25, 0.3) is 11.8 Å². The lowest BCUT2D eigenvalue weighted by molar-refractivity contribution is -0.118. The molecular formula is C21H16N2O5. The van der Waals surface area contributed by atoms with E-state index in [0.29, 0.717) is 22.6 Å². The number of hydrogen-bond acceptors (Lipinski definition) is 5. The first kappa shape index (κ1) is 18.7. The molecule has 0 unspecified atom stereocenters. The van der Waals surface area contributed by atoms with Crippen LogP contribution < -0.4 is 21.0 Å². The zero-order chi connectivity index (χ0) is 19.9. The SMILES string of the molecule is C#CCNC(=O)c1ccccc1NC(=O)COc1ccc2ccc(=O)oc2c1. The van der Waals surface area contributed by atoms with Gasteiger partial charge in [0.15, 0.2) is 6.61 Å². The molecule has 2 aromatic carbocycles. The molecule has 1 aromatic heterocycles. The number of carbonyl (C=O) groups is 2. The van der Waals surface area contributed by atoms with Crippen LogP contribution in [0.3, 0.4) is 0 Å². The second-order valence-electron chi connectivity index (χ2n) is 5.72. The fraction of sp³-hybridized carbons (Fsp3) is 0.0952. The van der Waals surface area contributed by atoms with Crippen LogP contribution in [0.1, 0.15) is 10.4 Å². The van der Waals surface area contributed by atoms with Crippen molar-refractivity contribution in [3.63, 3.8) is 0 Å². The number of amides is 2. The summed E-state index contributed by atoms with van der Waals surface area (Å²) in [6, 6.07) is 14.4. The minimum Gasteiger partial charge on any atom is -0.484 e. The molecule has 0 aliphatic rings. The van der Waals surface area contributed by atoms with E-state index in [9.17, 15) is 14.4 Å². The summed E-state index contributed by atoms with van der Waals surface area (Å²) in [6.07, 6.45) is 5.14. The third-order valence-corrected chi connectivity index (χ3v) is 3.76.